The Kier molecular flexibility index (Phi) is 6.22. The molecule has 0 saturated carbocycles. The number of benzene rings is 2. The first kappa shape index (κ1) is 23.8. The molecule has 0 aliphatic rings. The van der Waals surface area contributed by atoms with Gasteiger partial charge in [0, 0.05) is 29.8 Å². The fourth-order valence-corrected chi connectivity index (χ4v) is 3.72. The van der Waals surface area contributed by atoms with Crippen LogP contribution in [0.15, 0.2) is 65.4 Å². The van der Waals surface area contributed by atoms with Crippen LogP contribution in [-0.4, -0.2) is 35.1 Å². The molecule has 180 valence electrons. The first-order valence-electron chi connectivity index (χ1n) is 11.0. The van der Waals surface area contributed by atoms with Crippen LogP contribution < -0.4 is 10.1 Å². The number of rotatable bonds is 5. The molecule has 0 bridgehead atoms. The van der Waals surface area contributed by atoms with Crippen LogP contribution in [0, 0.1) is 0 Å². The fraction of sp³-hybridized carbons (Fsp3) is 0.222. The highest BCUT2D eigenvalue weighted by Crippen LogP contribution is 2.29. The zero-order chi connectivity index (χ0) is 25.3. The lowest BCUT2D eigenvalue weighted by Gasteiger charge is -2.20. The molecule has 2 aromatic heterocycles. The highest BCUT2D eigenvalue weighted by atomic mass is 16.6. The predicted octanol–water partition coefficient (Wildman–Crippen LogP) is 5.78. The van der Waals surface area contributed by atoms with Crippen LogP contribution >= 0.6 is 0 Å². The lowest BCUT2D eigenvalue weighted by molar-refractivity contribution is 0.00693. The summed E-state index contributed by atoms with van der Waals surface area (Å²) in [6, 6.07) is 13.5. The number of carbonyl (C=O) groups excluding carboxylic acids is 3. The third-order valence-corrected chi connectivity index (χ3v) is 5.23. The Balaban J connectivity index is 1.75. The van der Waals surface area contributed by atoms with Crippen molar-refractivity contribution >= 4 is 34.4 Å². The number of ether oxygens (including phenoxy) is 2. The summed E-state index contributed by atoms with van der Waals surface area (Å²) in [7, 11) is 1.53. The van der Waals surface area contributed by atoms with E-state index in [9.17, 15) is 14.4 Å². The van der Waals surface area contributed by atoms with Gasteiger partial charge in [0.2, 0.25) is 5.91 Å². The van der Waals surface area contributed by atoms with Gasteiger partial charge in [-0.1, -0.05) is 0 Å². The molecular formula is C27H26N2O6. The van der Waals surface area contributed by atoms with E-state index in [2.05, 4.69) is 5.32 Å². The Hall–Kier alpha value is -4.33. The van der Waals surface area contributed by atoms with E-state index in [1.165, 1.54) is 31.1 Å². The van der Waals surface area contributed by atoms with E-state index in [4.69, 9.17) is 13.9 Å². The summed E-state index contributed by atoms with van der Waals surface area (Å²) in [5.41, 5.74) is 1.42. The van der Waals surface area contributed by atoms with Gasteiger partial charge in [0.05, 0.1) is 30.0 Å². The molecule has 0 aliphatic carbocycles. The van der Waals surface area contributed by atoms with Gasteiger partial charge in [-0.3, -0.25) is 14.2 Å². The maximum absolute atomic E-state index is 13.4. The maximum Gasteiger partial charge on any atom is 0.338 e. The van der Waals surface area contributed by atoms with E-state index in [-0.39, 0.29) is 17.0 Å². The average molecular weight is 475 g/mol. The number of amides is 1. The van der Waals surface area contributed by atoms with Gasteiger partial charge in [-0.05, 0) is 69.3 Å². The number of fused-ring (bicyclic) bond motifs is 1. The minimum atomic E-state index is -0.686. The monoisotopic (exact) mass is 474 g/mol. The van der Waals surface area contributed by atoms with Gasteiger partial charge in [0.1, 0.15) is 17.1 Å². The molecule has 0 unspecified atom stereocenters. The van der Waals surface area contributed by atoms with E-state index >= 15 is 0 Å². The van der Waals surface area contributed by atoms with Crippen molar-refractivity contribution in [2.45, 2.75) is 33.3 Å². The molecule has 0 aliphatic heterocycles. The average Bonchev–Trinajstić information content (AvgIpc) is 3.45. The highest BCUT2D eigenvalue weighted by molar-refractivity contribution is 6.15. The van der Waals surface area contributed by atoms with Crippen LogP contribution in [0.4, 0.5) is 5.69 Å². The second-order valence-corrected chi connectivity index (χ2v) is 9.05. The van der Waals surface area contributed by atoms with Crippen LogP contribution in [-0.2, 0) is 4.74 Å². The molecular weight excluding hydrogens is 448 g/mol. The SMILES string of the molecule is COc1ccc2c(c1)c(C(=O)Nc1cc(C(=O)OC(C)(C)C)cc(-c3ccco3)c1)cn2C(C)=O. The molecule has 0 radical (unpaired) electrons. The number of hydrogen-bond acceptors (Lipinski definition) is 6. The van der Waals surface area contributed by atoms with Crippen LogP contribution in [0.25, 0.3) is 22.2 Å². The molecule has 0 atom stereocenters. The number of carbonyl (C=O) groups is 3. The van der Waals surface area contributed by atoms with E-state index in [0.29, 0.717) is 33.7 Å². The van der Waals surface area contributed by atoms with Crippen molar-refractivity contribution in [2.24, 2.45) is 0 Å². The van der Waals surface area contributed by atoms with Crippen molar-refractivity contribution in [1.82, 2.24) is 4.57 Å². The number of nitrogens with one attached hydrogen (secondary N) is 1. The number of esters is 1. The molecule has 2 heterocycles. The summed E-state index contributed by atoms with van der Waals surface area (Å²) < 4.78 is 17.7. The second kappa shape index (κ2) is 9.13. The molecule has 1 N–H and O–H groups in total. The smallest absolute Gasteiger partial charge is 0.338 e. The van der Waals surface area contributed by atoms with Crippen molar-refractivity contribution in [3.05, 3.63) is 72.1 Å². The first-order chi connectivity index (χ1) is 16.6. The van der Waals surface area contributed by atoms with Crippen LogP contribution in [0.1, 0.15) is 53.2 Å². The molecule has 0 fully saturated rings. The minimum Gasteiger partial charge on any atom is -0.497 e. The third kappa shape index (κ3) is 5.11. The van der Waals surface area contributed by atoms with Gasteiger partial charge in [0.15, 0.2) is 0 Å². The van der Waals surface area contributed by atoms with Crippen LogP contribution in [0.5, 0.6) is 5.75 Å². The number of furan rings is 1. The van der Waals surface area contributed by atoms with Gasteiger partial charge < -0.3 is 19.2 Å². The number of anilines is 1. The lowest BCUT2D eigenvalue weighted by Crippen LogP contribution is -2.24. The van der Waals surface area contributed by atoms with Gasteiger partial charge in [-0.25, -0.2) is 4.79 Å². The normalized spacial score (nSPS) is 11.3. The van der Waals surface area contributed by atoms with Gasteiger partial charge in [0.25, 0.3) is 5.91 Å². The maximum atomic E-state index is 13.4. The standard InChI is InChI=1S/C27H26N2O6/c1-16(30)29-15-22(21-14-20(33-5)8-9-23(21)29)25(31)28-19-12-17(24-7-6-10-34-24)11-18(13-19)26(32)35-27(2,3)4/h6-15H,1-5H3,(H,28,31). The van der Waals surface area contributed by atoms with Crippen molar-refractivity contribution in [3.8, 4) is 17.1 Å². The summed E-state index contributed by atoms with van der Waals surface area (Å²) in [6.45, 7) is 6.76. The Morgan fingerprint density at radius 1 is 1.03 bits per heavy atom. The molecule has 1 amide bonds. The second-order valence-electron chi connectivity index (χ2n) is 9.05. The summed E-state index contributed by atoms with van der Waals surface area (Å²) in [5.74, 6) is -0.121. The number of aromatic nitrogens is 1. The van der Waals surface area contributed by atoms with Crippen molar-refractivity contribution in [1.29, 1.82) is 0 Å². The van der Waals surface area contributed by atoms with E-state index in [0.717, 1.165) is 0 Å². The molecule has 0 spiro atoms. The third-order valence-electron chi connectivity index (χ3n) is 5.23. The summed E-state index contributed by atoms with van der Waals surface area (Å²) in [6.07, 6.45) is 3.02. The number of methoxy groups -OCH3 is 1. The molecule has 8 nitrogen and oxygen atoms in total. The Labute approximate surface area is 202 Å². The zero-order valence-corrected chi connectivity index (χ0v) is 20.2. The quantitative estimate of drug-likeness (QED) is 0.368. The van der Waals surface area contributed by atoms with E-state index < -0.39 is 17.5 Å². The largest absolute Gasteiger partial charge is 0.497 e. The van der Waals surface area contributed by atoms with Crippen molar-refractivity contribution in [2.75, 3.05) is 12.4 Å². The van der Waals surface area contributed by atoms with Crippen LogP contribution in [0.3, 0.4) is 0 Å². The molecule has 2 aromatic carbocycles. The van der Waals surface area contributed by atoms with Crippen molar-refractivity contribution in [3.63, 3.8) is 0 Å². The number of nitrogens with zero attached hydrogens (tertiary/aromatic N) is 1. The summed E-state index contributed by atoms with van der Waals surface area (Å²) in [5, 5.41) is 3.41. The molecule has 4 rings (SSSR count). The molecule has 8 heteroatoms. The topological polar surface area (TPSA) is 99.8 Å². The predicted molar refractivity (Wildman–Crippen MR) is 132 cm³/mol. The Bertz CT molecular complexity index is 1420. The van der Waals surface area contributed by atoms with Gasteiger partial charge in [-0.15, -0.1) is 0 Å². The van der Waals surface area contributed by atoms with E-state index in [1.807, 2.05) is 0 Å². The highest BCUT2D eigenvalue weighted by Gasteiger charge is 2.22. The summed E-state index contributed by atoms with van der Waals surface area (Å²) >= 11 is 0. The zero-order valence-electron chi connectivity index (χ0n) is 20.2. The molecule has 0 saturated heterocycles. The fourth-order valence-electron chi connectivity index (χ4n) is 3.72. The molecule has 35 heavy (non-hydrogen) atoms. The molecule has 4 aromatic rings. The van der Waals surface area contributed by atoms with Crippen LogP contribution in [0.2, 0.25) is 0 Å². The minimum absolute atomic E-state index is 0.230. The van der Waals surface area contributed by atoms with E-state index in [1.54, 1.807) is 69.3 Å². The number of hydrogen-bond donors (Lipinski definition) is 1. The van der Waals surface area contributed by atoms with Gasteiger partial charge in [-0.2, -0.15) is 0 Å². The lowest BCUT2D eigenvalue weighted by atomic mass is 10.1. The first-order valence-corrected chi connectivity index (χ1v) is 11.0. The Morgan fingerprint density at radius 3 is 2.43 bits per heavy atom. The summed E-state index contributed by atoms with van der Waals surface area (Å²) in [4.78, 5) is 38.3. The van der Waals surface area contributed by atoms with Crippen molar-refractivity contribution < 1.29 is 28.3 Å². The Morgan fingerprint density at radius 2 is 1.80 bits per heavy atom. The van der Waals surface area contributed by atoms with Gasteiger partial charge >= 0.3 is 5.97 Å².